The van der Waals surface area contributed by atoms with Gasteiger partial charge in [0.15, 0.2) is 0 Å². The highest BCUT2D eigenvalue weighted by atomic mass is 31.2. The van der Waals surface area contributed by atoms with Gasteiger partial charge in [0.25, 0.3) is 20.0 Å². The Bertz CT molecular complexity index is 220. The molecule has 0 rings (SSSR count). The number of nitro groups is 1. The van der Waals surface area contributed by atoms with E-state index in [0.717, 1.165) is 0 Å². The predicted molar refractivity (Wildman–Crippen MR) is 36.0 cm³/mol. The second kappa shape index (κ2) is 3.42. The Kier molecular flexibility index (Phi) is 3.12. The summed E-state index contributed by atoms with van der Waals surface area (Å²) in [5, 5.41) is 11.2. The van der Waals surface area contributed by atoms with Gasteiger partial charge in [-0.15, -0.1) is 0 Å². The zero-order chi connectivity index (χ0) is 9.07. The summed E-state index contributed by atoms with van der Waals surface area (Å²) in [5.74, 6) is -1.07. The maximum Gasteiger partial charge on any atom is 0.300 e. The van der Waals surface area contributed by atoms with Crippen LogP contribution in [-0.4, -0.2) is 17.4 Å². The van der Waals surface area contributed by atoms with Crippen LogP contribution < -0.4 is 16.1 Å². The molecule has 0 aliphatic carbocycles. The lowest BCUT2D eigenvalue weighted by Gasteiger charge is -2.04. The first-order valence-corrected chi connectivity index (χ1v) is 4.26. The molecule has 0 bridgehead atoms. The van der Waals surface area contributed by atoms with E-state index in [0.29, 0.717) is 0 Å². The fraction of sp³-hybridized carbons (Fsp3) is 0.500. The lowest BCUT2D eigenvalue weighted by atomic mass is 10.7. The van der Waals surface area contributed by atoms with Crippen molar-refractivity contribution in [3.63, 3.8) is 0 Å². The summed E-state index contributed by atoms with van der Waals surface area (Å²) in [4.78, 5) is 19.2. The number of carbonyl (C=O) groups excluding carboxylic acids is 1. The molecule has 0 radical (unpaired) electrons. The molecule has 0 unspecified atom stereocenters. The molecule has 0 spiro atoms. The number of carbonyl (C=O) groups is 1. The van der Waals surface area contributed by atoms with Gasteiger partial charge in [0, 0.05) is 4.92 Å². The van der Waals surface area contributed by atoms with Crippen molar-refractivity contribution in [2.24, 2.45) is 11.0 Å². The minimum Gasteiger partial charge on any atom is -0.278 e. The van der Waals surface area contributed by atoms with Crippen LogP contribution in [0.15, 0.2) is 0 Å². The molecule has 1 amide bonds. The molecule has 11 heavy (non-hydrogen) atoms. The SMILES string of the molecule is NP(N)(=O)NC(=O)C[N+](=O)[O-]. The number of hydrogen-bond acceptors (Lipinski definition) is 4. The summed E-state index contributed by atoms with van der Waals surface area (Å²) in [7, 11) is -3.68. The largest absolute Gasteiger partial charge is 0.300 e. The summed E-state index contributed by atoms with van der Waals surface area (Å²) in [6.45, 7) is -0.988. The van der Waals surface area contributed by atoms with E-state index in [1.165, 1.54) is 0 Å². The van der Waals surface area contributed by atoms with Gasteiger partial charge < -0.3 is 0 Å². The number of nitrogens with two attached hydrogens (primary N) is 2. The van der Waals surface area contributed by atoms with E-state index >= 15 is 0 Å². The van der Waals surface area contributed by atoms with Crippen LogP contribution >= 0.6 is 7.59 Å². The molecule has 0 saturated heterocycles. The second-order valence-electron chi connectivity index (χ2n) is 1.74. The third-order valence-corrected chi connectivity index (χ3v) is 1.17. The van der Waals surface area contributed by atoms with Crippen LogP contribution in [-0.2, 0) is 9.36 Å². The lowest BCUT2D eigenvalue weighted by molar-refractivity contribution is -0.467. The normalized spacial score (nSPS) is 10.7. The Labute approximate surface area is 61.6 Å². The first kappa shape index (κ1) is 10.0. The molecule has 0 saturated carbocycles. The minimum atomic E-state index is -3.68. The fourth-order valence-electron chi connectivity index (χ4n) is 0.348. The maximum atomic E-state index is 10.4. The molecule has 5 N–H and O–H groups in total. The fourth-order valence-corrected chi connectivity index (χ4v) is 0.808. The van der Waals surface area contributed by atoms with E-state index in [9.17, 15) is 19.5 Å². The van der Waals surface area contributed by atoms with Gasteiger partial charge in [-0.3, -0.25) is 35.6 Å². The van der Waals surface area contributed by atoms with Crippen LogP contribution in [0.3, 0.4) is 0 Å². The molecule has 0 aromatic rings. The highest BCUT2D eigenvalue weighted by Crippen LogP contribution is 2.16. The Morgan fingerprint density at radius 3 is 2.36 bits per heavy atom. The van der Waals surface area contributed by atoms with Gasteiger partial charge in [-0.25, -0.2) is 0 Å². The molecule has 0 aliphatic rings. The third kappa shape index (κ3) is 6.91. The summed E-state index contributed by atoms with van der Waals surface area (Å²) < 4.78 is 10.4. The molecule has 0 heterocycles. The quantitative estimate of drug-likeness (QED) is 0.272. The van der Waals surface area contributed by atoms with E-state index in [4.69, 9.17) is 11.0 Å². The number of hydrogen-bond donors (Lipinski definition) is 3. The average molecular weight is 182 g/mol. The molecule has 0 atom stereocenters. The van der Waals surface area contributed by atoms with Gasteiger partial charge in [0.2, 0.25) is 0 Å². The van der Waals surface area contributed by atoms with Crippen LogP contribution in [0.4, 0.5) is 0 Å². The zero-order valence-electron chi connectivity index (χ0n) is 5.39. The van der Waals surface area contributed by atoms with Crippen LogP contribution in [0.1, 0.15) is 0 Å². The Morgan fingerprint density at radius 1 is 1.64 bits per heavy atom. The van der Waals surface area contributed by atoms with Crippen molar-refractivity contribution < 1.29 is 14.3 Å². The molecular weight excluding hydrogens is 175 g/mol. The Balaban J connectivity index is 3.90. The van der Waals surface area contributed by atoms with Crippen molar-refractivity contribution in [2.75, 3.05) is 6.54 Å². The topological polar surface area (TPSA) is 141 Å². The van der Waals surface area contributed by atoms with E-state index in [1.807, 2.05) is 0 Å². The molecule has 0 aromatic heterocycles. The van der Waals surface area contributed by atoms with Gasteiger partial charge in [-0.2, -0.15) is 0 Å². The standard InChI is InChI=1S/C2H7N4O4P/c3-11(4,10)5-2(7)1-6(8)9/h1H2,(H5,3,4,5,7,10). The third-order valence-electron chi connectivity index (χ3n) is 0.572. The molecule has 0 fully saturated rings. The van der Waals surface area contributed by atoms with Gasteiger partial charge >= 0.3 is 0 Å². The highest BCUT2D eigenvalue weighted by molar-refractivity contribution is 7.57. The first-order chi connectivity index (χ1) is 4.81. The summed E-state index contributed by atoms with van der Waals surface area (Å²) in [6.07, 6.45) is 0. The van der Waals surface area contributed by atoms with Crippen molar-refractivity contribution in [3.05, 3.63) is 10.1 Å². The van der Waals surface area contributed by atoms with Crippen molar-refractivity contribution in [1.82, 2.24) is 5.09 Å². The monoisotopic (exact) mass is 182 g/mol. The first-order valence-electron chi connectivity index (χ1n) is 2.41. The number of amides is 1. The van der Waals surface area contributed by atoms with Crippen LogP contribution in [0.5, 0.6) is 0 Å². The molecule has 0 aromatic carbocycles. The van der Waals surface area contributed by atoms with E-state index in [-0.39, 0.29) is 0 Å². The minimum absolute atomic E-state index is 0.884. The Hall–Kier alpha value is -0.980. The van der Waals surface area contributed by atoms with Crippen molar-refractivity contribution in [1.29, 1.82) is 0 Å². The van der Waals surface area contributed by atoms with Crippen LogP contribution in [0.2, 0.25) is 0 Å². The van der Waals surface area contributed by atoms with Gasteiger partial charge in [0.1, 0.15) is 0 Å². The van der Waals surface area contributed by atoms with E-state index in [2.05, 4.69) is 0 Å². The molecule has 64 valence electrons. The highest BCUT2D eigenvalue weighted by Gasteiger charge is 2.16. The molecular formula is C2H7N4O4P. The number of nitrogens with one attached hydrogen (secondary N) is 1. The summed E-state index contributed by atoms with van der Waals surface area (Å²) in [6, 6.07) is 0. The van der Waals surface area contributed by atoms with Crippen LogP contribution in [0, 0.1) is 10.1 Å². The number of nitrogens with zero attached hydrogens (tertiary/aromatic N) is 1. The zero-order valence-corrected chi connectivity index (χ0v) is 6.28. The summed E-state index contributed by atoms with van der Waals surface area (Å²) in [5.41, 5.74) is 9.38. The molecule has 9 heteroatoms. The van der Waals surface area contributed by atoms with E-state index in [1.54, 1.807) is 5.09 Å². The summed E-state index contributed by atoms with van der Waals surface area (Å²) >= 11 is 0. The Morgan fingerprint density at radius 2 is 2.09 bits per heavy atom. The van der Waals surface area contributed by atoms with Crippen LogP contribution in [0.25, 0.3) is 0 Å². The molecule has 0 aliphatic heterocycles. The van der Waals surface area contributed by atoms with Gasteiger partial charge in [-0.05, 0) is 0 Å². The maximum absolute atomic E-state index is 10.4. The van der Waals surface area contributed by atoms with E-state index < -0.39 is 25.0 Å². The van der Waals surface area contributed by atoms with Crippen molar-refractivity contribution in [2.45, 2.75) is 0 Å². The second-order valence-corrected chi connectivity index (χ2v) is 3.38. The lowest BCUT2D eigenvalue weighted by Crippen LogP contribution is -2.32. The van der Waals surface area contributed by atoms with Gasteiger partial charge in [-0.1, -0.05) is 0 Å². The molecule has 8 nitrogen and oxygen atoms in total. The average Bonchev–Trinajstić information content (AvgIpc) is 1.53. The smallest absolute Gasteiger partial charge is 0.278 e. The van der Waals surface area contributed by atoms with Crippen molar-refractivity contribution >= 4 is 13.5 Å². The predicted octanol–water partition coefficient (Wildman–Crippen LogP) is -1.60. The van der Waals surface area contributed by atoms with Gasteiger partial charge in [0.05, 0.1) is 0 Å². The van der Waals surface area contributed by atoms with Crippen molar-refractivity contribution in [3.8, 4) is 0 Å². The number of rotatable bonds is 3.